The van der Waals surface area contributed by atoms with Crippen molar-refractivity contribution >= 4 is 53.3 Å². The highest BCUT2D eigenvalue weighted by molar-refractivity contribution is 7.98. The van der Waals surface area contributed by atoms with Crippen molar-refractivity contribution in [1.29, 1.82) is 0 Å². The summed E-state index contributed by atoms with van der Waals surface area (Å²) in [6.07, 6.45) is -0.455. The zero-order chi connectivity index (χ0) is 27.1. The van der Waals surface area contributed by atoms with Crippen molar-refractivity contribution < 1.29 is 48.9 Å². The Bertz CT molecular complexity index is 809. The zero-order valence-electron chi connectivity index (χ0n) is 19.0. The third-order valence-corrected chi connectivity index (χ3v) is 5.19. The maximum Gasteiger partial charge on any atom is 0.326 e. The van der Waals surface area contributed by atoms with Crippen LogP contribution in [0.15, 0.2) is 0 Å². The lowest BCUT2D eigenvalue weighted by molar-refractivity contribution is -0.143. The van der Waals surface area contributed by atoms with Crippen LogP contribution in [0, 0.1) is 0 Å². The predicted molar refractivity (Wildman–Crippen MR) is 122 cm³/mol. The van der Waals surface area contributed by atoms with Crippen molar-refractivity contribution in [2.45, 2.75) is 62.7 Å². The quantitative estimate of drug-likeness (QED) is 0.0909. The van der Waals surface area contributed by atoms with Gasteiger partial charge in [-0.25, -0.2) is 4.79 Å². The van der Waals surface area contributed by atoms with Crippen LogP contribution in [0.4, 0.5) is 0 Å². The summed E-state index contributed by atoms with van der Waals surface area (Å²) in [5.41, 5.74) is 10.6. The molecular formula is C19H31N5O10S. The van der Waals surface area contributed by atoms with Gasteiger partial charge in [-0.1, -0.05) is 0 Å². The normalized spacial score (nSPS) is 14.0. The first-order valence-electron chi connectivity index (χ1n) is 10.4. The highest BCUT2D eigenvalue weighted by Gasteiger charge is 2.30. The van der Waals surface area contributed by atoms with Crippen molar-refractivity contribution in [1.82, 2.24) is 16.0 Å². The number of carboxylic acid groups (broad SMARTS) is 3. The van der Waals surface area contributed by atoms with Crippen LogP contribution < -0.4 is 27.4 Å². The molecule has 0 saturated carbocycles. The second kappa shape index (κ2) is 16.3. The van der Waals surface area contributed by atoms with Crippen molar-refractivity contribution in [3.63, 3.8) is 0 Å². The van der Waals surface area contributed by atoms with Gasteiger partial charge in [-0.05, 0) is 31.3 Å². The third kappa shape index (κ3) is 13.8. The molecule has 4 atom stereocenters. The Morgan fingerprint density at radius 1 is 0.743 bits per heavy atom. The number of primary amides is 1. The number of nitrogens with one attached hydrogen (secondary N) is 3. The summed E-state index contributed by atoms with van der Waals surface area (Å²) in [7, 11) is 0. The Labute approximate surface area is 204 Å². The van der Waals surface area contributed by atoms with Crippen LogP contribution in [0.1, 0.15) is 38.5 Å². The van der Waals surface area contributed by atoms with E-state index in [1.807, 2.05) is 0 Å². The molecule has 198 valence electrons. The number of nitrogens with two attached hydrogens (primary N) is 2. The van der Waals surface area contributed by atoms with Gasteiger partial charge in [0, 0.05) is 12.8 Å². The lowest BCUT2D eigenvalue weighted by Gasteiger charge is -2.25. The second-order valence-electron chi connectivity index (χ2n) is 7.44. The molecule has 0 heterocycles. The maximum atomic E-state index is 12.8. The minimum absolute atomic E-state index is 0.0546. The van der Waals surface area contributed by atoms with Crippen molar-refractivity contribution in [3.05, 3.63) is 0 Å². The van der Waals surface area contributed by atoms with E-state index in [9.17, 15) is 38.7 Å². The molecular weight excluding hydrogens is 490 g/mol. The molecule has 0 saturated heterocycles. The van der Waals surface area contributed by atoms with Gasteiger partial charge in [0.25, 0.3) is 0 Å². The molecule has 0 spiro atoms. The number of amides is 4. The molecule has 0 radical (unpaired) electrons. The largest absolute Gasteiger partial charge is 0.481 e. The van der Waals surface area contributed by atoms with Crippen LogP contribution in [0.5, 0.6) is 0 Å². The first-order chi connectivity index (χ1) is 16.3. The van der Waals surface area contributed by atoms with E-state index in [1.165, 1.54) is 11.8 Å². The van der Waals surface area contributed by atoms with E-state index in [0.29, 0.717) is 5.75 Å². The minimum atomic E-state index is -1.52. The molecule has 0 aromatic heterocycles. The Balaban J connectivity index is 5.54. The summed E-state index contributed by atoms with van der Waals surface area (Å²) in [6.45, 7) is 0. The van der Waals surface area contributed by atoms with Crippen molar-refractivity contribution in [2.75, 3.05) is 12.0 Å². The van der Waals surface area contributed by atoms with Gasteiger partial charge in [0.1, 0.15) is 18.1 Å². The molecule has 0 aromatic rings. The summed E-state index contributed by atoms with van der Waals surface area (Å²) in [5.74, 6) is -7.29. The highest BCUT2D eigenvalue weighted by atomic mass is 32.2. The summed E-state index contributed by atoms with van der Waals surface area (Å²) >= 11 is 1.33. The van der Waals surface area contributed by atoms with E-state index < -0.39 is 85.0 Å². The SMILES string of the molecule is CSCCC(NC(=O)C(CCC(N)=O)NC(=O)C(N)CC(=O)O)C(=O)NC(CCC(=O)O)C(=O)O. The standard InChI is InChI=1S/C19H31N5O10S/c1-35-7-6-11(18(32)24-12(19(33)34)3-5-14(26)27)23-17(31)10(2-4-13(21)25)22-16(30)9(20)8-15(28)29/h9-12H,2-8,20H2,1H3,(H2,21,25)(H,22,30)(H,23,31)(H,24,32)(H,26,27)(H,28,29)(H,33,34). The van der Waals surface area contributed by atoms with Gasteiger partial charge in [0.2, 0.25) is 23.6 Å². The molecule has 0 aromatic carbocycles. The number of carboxylic acids is 3. The number of hydrogen-bond donors (Lipinski definition) is 8. The molecule has 10 N–H and O–H groups in total. The molecule has 15 nitrogen and oxygen atoms in total. The Morgan fingerprint density at radius 2 is 1.23 bits per heavy atom. The minimum Gasteiger partial charge on any atom is -0.481 e. The van der Waals surface area contributed by atoms with E-state index in [4.69, 9.17) is 21.7 Å². The average Bonchev–Trinajstić information content (AvgIpc) is 2.75. The van der Waals surface area contributed by atoms with Crippen LogP contribution in [0.3, 0.4) is 0 Å². The van der Waals surface area contributed by atoms with Crippen molar-refractivity contribution in [3.8, 4) is 0 Å². The first kappa shape index (κ1) is 31.6. The van der Waals surface area contributed by atoms with Crippen LogP contribution in [-0.2, 0) is 33.6 Å². The third-order valence-electron chi connectivity index (χ3n) is 4.55. The second-order valence-corrected chi connectivity index (χ2v) is 8.43. The number of aliphatic carboxylic acids is 3. The number of hydrogen-bond acceptors (Lipinski definition) is 9. The molecule has 0 aliphatic carbocycles. The van der Waals surface area contributed by atoms with Gasteiger partial charge in [0.05, 0.1) is 12.5 Å². The molecule has 35 heavy (non-hydrogen) atoms. The Morgan fingerprint density at radius 3 is 1.69 bits per heavy atom. The number of thioether (sulfide) groups is 1. The van der Waals surface area contributed by atoms with Gasteiger partial charge in [-0.15, -0.1) is 0 Å². The molecule has 16 heteroatoms. The van der Waals surface area contributed by atoms with Gasteiger partial charge in [-0.3, -0.25) is 28.8 Å². The molecule has 0 fully saturated rings. The topological polar surface area (TPSA) is 268 Å². The summed E-state index contributed by atoms with van der Waals surface area (Å²) < 4.78 is 0. The summed E-state index contributed by atoms with van der Waals surface area (Å²) in [6, 6.07) is -5.67. The van der Waals surface area contributed by atoms with Gasteiger partial charge in [0.15, 0.2) is 0 Å². The lowest BCUT2D eigenvalue weighted by Crippen LogP contribution is -2.57. The average molecular weight is 522 g/mol. The fourth-order valence-electron chi connectivity index (χ4n) is 2.69. The van der Waals surface area contributed by atoms with Gasteiger partial charge in [-0.2, -0.15) is 11.8 Å². The van der Waals surface area contributed by atoms with Crippen LogP contribution in [0.2, 0.25) is 0 Å². The fraction of sp³-hybridized carbons (Fsp3) is 0.632. The molecule has 0 aliphatic heterocycles. The lowest BCUT2D eigenvalue weighted by atomic mass is 10.1. The van der Waals surface area contributed by atoms with E-state index >= 15 is 0 Å². The van der Waals surface area contributed by atoms with E-state index in [0.717, 1.165) is 0 Å². The van der Waals surface area contributed by atoms with E-state index in [1.54, 1.807) is 6.26 Å². The zero-order valence-corrected chi connectivity index (χ0v) is 19.8. The predicted octanol–water partition coefficient (Wildman–Crippen LogP) is -2.79. The molecule has 0 aliphatic rings. The Hall–Kier alpha value is -3.40. The smallest absolute Gasteiger partial charge is 0.326 e. The summed E-state index contributed by atoms with van der Waals surface area (Å²) in [4.78, 5) is 81.8. The number of carbonyl (C=O) groups is 7. The van der Waals surface area contributed by atoms with Gasteiger partial charge >= 0.3 is 17.9 Å². The molecule has 4 unspecified atom stereocenters. The molecule has 0 rings (SSSR count). The molecule has 0 bridgehead atoms. The molecule has 4 amide bonds. The summed E-state index contributed by atoms with van der Waals surface area (Å²) in [5, 5.41) is 33.6. The van der Waals surface area contributed by atoms with Gasteiger partial charge < -0.3 is 42.7 Å². The van der Waals surface area contributed by atoms with Crippen LogP contribution in [-0.4, -0.2) is 93.0 Å². The van der Waals surface area contributed by atoms with E-state index in [-0.39, 0.29) is 19.3 Å². The first-order valence-corrected chi connectivity index (χ1v) is 11.8. The maximum absolute atomic E-state index is 12.8. The fourth-order valence-corrected chi connectivity index (χ4v) is 3.16. The van der Waals surface area contributed by atoms with Crippen molar-refractivity contribution in [2.24, 2.45) is 11.5 Å². The highest BCUT2D eigenvalue weighted by Crippen LogP contribution is 2.06. The number of rotatable bonds is 18. The van der Waals surface area contributed by atoms with Crippen LogP contribution >= 0.6 is 11.8 Å². The van der Waals surface area contributed by atoms with E-state index in [2.05, 4.69) is 16.0 Å². The number of carbonyl (C=O) groups excluding carboxylic acids is 4. The monoisotopic (exact) mass is 521 g/mol. The Kier molecular flexibility index (Phi) is 14.7. The van der Waals surface area contributed by atoms with Crippen LogP contribution in [0.25, 0.3) is 0 Å².